The minimum Gasteiger partial charge on any atom is -0.388 e. The summed E-state index contributed by atoms with van der Waals surface area (Å²) in [6, 6.07) is 5.63. The average Bonchev–Trinajstić information content (AvgIpc) is 2.70. The van der Waals surface area contributed by atoms with Crippen LogP contribution in [0.25, 0.3) is 0 Å². The van der Waals surface area contributed by atoms with E-state index in [1.54, 1.807) is 18.2 Å². The Morgan fingerprint density at radius 1 is 1.44 bits per heavy atom. The SMILES string of the molecule is OC(CC1CCCN1)c1ccc(Cl)cc1Cl. The summed E-state index contributed by atoms with van der Waals surface area (Å²) in [5.74, 6) is 0. The summed E-state index contributed by atoms with van der Waals surface area (Å²) in [5, 5.41) is 14.6. The van der Waals surface area contributed by atoms with Crippen LogP contribution >= 0.6 is 23.2 Å². The maximum absolute atomic E-state index is 10.1. The first-order valence-electron chi connectivity index (χ1n) is 5.53. The van der Waals surface area contributed by atoms with Crippen LogP contribution in [0.5, 0.6) is 0 Å². The van der Waals surface area contributed by atoms with Crippen LogP contribution in [0, 0.1) is 0 Å². The summed E-state index contributed by atoms with van der Waals surface area (Å²) in [7, 11) is 0. The van der Waals surface area contributed by atoms with Gasteiger partial charge in [0.1, 0.15) is 0 Å². The van der Waals surface area contributed by atoms with Crippen LogP contribution in [0.2, 0.25) is 10.0 Å². The molecule has 0 spiro atoms. The van der Waals surface area contributed by atoms with Crippen molar-refractivity contribution in [3.63, 3.8) is 0 Å². The van der Waals surface area contributed by atoms with E-state index in [2.05, 4.69) is 5.32 Å². The van der Waals surface area contributed by atoms with Gasteiger partial charge in [-0.25, -0.2) is 0 Å². The molecule has 1 aromatic carbocycles. The lowest BCUT2D eigenvalue weighted by atomic mass is 10.0. The summed E-state index contributed by atoms with van der Waals surface area (Å²) >= 11 is 11.9. The fraction of sp³-hybridized carbons (Fsp3) is 0.500. The van der Waals surface area contributed by atoms with E-state index >= 15 is 0 Å². The molecule has 1 saturated heterocycles. The summed E-state index contributed by atoms with van der Waals surface area (Å²) < 4.78 is 0. The topological polar surface area (TPSA) is 32.3 Å². The van der Waals surface area contributed by atoms with Crippen LogP contribution in [0.4, 0.5) is 0 Å². The van der Waals surface area contributed by atoms with Gasteiger partial charge in [-0.15, -0.1) is 0 Å². The van der Waals surface area contributed by atoms with E-state index in [1.165, 1.54) is 6.42 Å². The van der Waals surface area contributed by atoms with Crippen LogP contribution < -0.4 is 5.32 Å². The molecule has 2 N–H and O–H groups in total. The molecular weight excluding hydrogens is 245 g/mol. The summed E-state index contributed by atoms with van der Waals surface area (Å²) in [6.45, 7) is 1.05. The fourth-order valence-electron chi connectivity index (χ4n) is 2.13. The Hall–Kier alpha value is -0.280. The third-order valence-corrected chi connectivity index (χ3v) is 3.55. The van der Waals surface area contributed by atoms with Crippen molar-refractivity contribution in [3.05, 3.63) is 33.8 Å². The fourth-order valence-corrected chi connectivity index (χ4v) is 2.66. The number of aliphatic hydroxyl groups is 1. The van der Waals surface area contributed by atoms with E-state index in [1.807, 2.05) is 0 Å². The Labute approximate surface area is 106 Å². The molecule has 16 heavy (non-hydrogen) atoms. The van der Waals surface area contributed by atoms with Gasteiger partial charge in [0.2, 0.25) is 0 Å². The van der Waals surface area contributed by atoms with Crippen LogP contribution in [0.1, 0.15) is 30.9 Å². The molecule has 0 saturated carbocycles. The quantitative estimate of drug-likeness (QED) is 0.874. The highest BCUT2D eigenvalue weighted by molar-refractivity contribution is 6.35. The van der Waals surface area contributed by atoms with E-state index in [4.69, 9.17) is 23.2 Å². The number of hydrogen-bond acceptors (Lipinski definition) is 2. The molecule has 1 heterocycles. The molecule has 0 amide bonds. The highest BCUT2D eigenvalue weighted by atomic mass is 35.5. The molecule has 1 fully saturated rings. The zero-order valence-electron chi connectivity index (χ0n) is 8.92. The molecular formula is C12H15Cl2NO. The molecule has 88 valence electrons. The molecule has 1 aliphatic rings. The van der Waals surface area contributed by atoms with Crippen LogP contribution in [0.3, 0.4) is 0 Å². The van der Waals surface area contributed by atoms with Crippen molar-refractivity contribution >= 4 is 23.2 Å². The Morgan fingerprint density at radius 3 is 2.88 bits per heavy atom. The summed E-state index contributed by atoms with van der Waals surface area (Å²) in [4.78, 5) is 0. The molecule has 0 aromatic heterocycles. The van der Waals surface area contributed by atoms with Crippen molar-refractivity contribution in [2.75, 3.05) is 6.54 Å². The van der Waals surface area contributed by atoms with Crippen molar-refractivity contribution in [2.45, 2.75) is 31.4 Å². The highest BCUT2D eigenvalue weighted by Gasteiger charge is 2.20. The van der Waals surface area contributed by atoms with Crippen LogP contribution in [-0.4, -0.2) is 17.7 Å². The van der Waals surface area contributed by atoms with Gasteiger partial charge in [-0.2, -0.15) is 0 Å². The number of benzene rings is 1. The second-order valence-electron chi connectivity index (χ2n) is 4.21. The standard InChI is InChI=1S/C12H15Cl2NO/c13-8-3-4-10(11(14)6-8)12(16)7-9-2-1-5-15-9/h3-4,6,9,12,15-16H,1-2,5,7H2. The predicted molar refractivity (Wildman–Crippen MR) is 67.1 cm³/mol. The third kappa shape index (κ3) is 2.89. The highest BCUT2D eigenvalue weighted by Crippen LogP contribution is 2.29. The first-order valence-corrected chi connectivity index (χ1v) is 6.29. The third-order valence-electron chi connectivity index (χ3n) is 2.99. The van der Waals surface area contributed by atoms with Gasteiger partial charge in [-0.05, 0) is 43.5 Å². The normalized spacial score (nSPS) is 22.3. The minimum absolute atomic E-state index is 0.404. The first-order chi connectivity index (χ1) is 7.66. The van der Waals surface area contributed by atoms with Gasteiger partial charge < -0.3 is 10.4 Å². The van der Waals surface area contributed by atoms with Gasteiger partial charge in [0.25, 0.3) is 0 Å². The number of nitrogens with one attached hydrogen (secondary N) is 1. The van der Waals surface area contributed by atoms with Gasteiger partial charge in [-0.1, -0.05) is 29.3 Å². The zero-order valence-corrected chi connectivity index (χ0v) is 10.4. The van der Waals surface area contributed by atoms with Gasteiger partial charge in [0.15, 0.2) is 0 Å². The largest absolute Gasteiger partial charge is 0.388 e. The monoisotopic (exact) mass is 259 g/mol. The van der Waals surface area contributed by atoms with Crippen molar-refractivity contribution in [1.29, 1.82) is 0 Å². The molecule has 2 unspecified atom stereocenters. The second kappa shape index (κ2) is 5.37. The average molecular weight is 260 g/mol. The molecule has 0 radical (unpaired) electrons. The Morgan fingerprint density at radius 2 is 2.25 bits per heavy atom. The smallest absolute Gasteiger partial charge is 0.0819 e. The van der Waals surface area contributed by atoms with Crippen LogP contribution in [0.15, 0.2) is 18.2 Å². The number of halogens is 2. The van der Waals surface area contributed by atoms with E-state index in [0.29, 0.717) is 22.5 Å². The van der Waals surface area contributed by atoms with Crippen molar-refractivity contribution in [3.8, 4) is 0 Å². The van der Waals surface area contributed by atoms with Gasteiger partial charge in [0, 0.05) is 16.1 Å². The molecule has 0 aliphatic carbocycles. The minimum atomic E-state index is -0.514. The van der Waals surface area contributed by atoms with Gasteiger partial charge in [-0.3, -0.25) is 0 Å². The summed E-state index contributed by atoms with van der Waals surface area (Å²) in [6.07, 6.45) is 2.51. The van der Waals surface area contributed by atoms with E-state index in [0.717, 1.165) is 18.5 Å². The molecule has 1 aromatic rings. The molecule has 2 nitrogen and oxygen atoms in total. The first kappa shape index (κ1) is 12.2. The molecule has 1 aliphatic heterocycles. The van der Waals surface area contributed by atoms with E-state index in [9.17, 15) is 5.11 Å². The Bertz CT molecular complexity index is 364. The van der Waals surface area contributed by atoms with E-state index < -0.39 is 6.10 Å². The lowest BCUT2D eigenvalue weighted by Crippen LogP contribution is -2.23. The second-order valence-corrected chi connectivity index (χ2v) is 5.05. The number of hydrogen-bond donors (Lipinski definition) is 2. The molecule has 2 rings (SSSR count). The summed E-state index contributed by atoms with van der Waals surface area (Å²) in [5.41, 5.74) is 0.764. The van der Waals surface area contributed by atoms with Crippen molar-refractivity contribution < 1.29 is 5.11 Å². The molecule has 0 bridgehead atoms. The Balaban J connectivity index is 2.04. The number of rotatable bonds is 3. The molecule has 4 heteroatoms. The predicted octanol–water partition coefficient (Wildman–Crippen LogP) is 3.17. The lowest BCUT2D eigenvalue weighted by Gasteiger charge is -2.17. The maximum Gasteiger partial charge on any atom is 0.0819 e. The van der Waals surface area contributed by atoms with Crippen molar-refractivity contribution in [1.82, 2.24) is 5.32 Å². The Kier molecular flexibility index (Phi) is 4.09. The number of aliphatic hydroxyl groups excluding tert-OH is 1. The lowest BCUT2D eigenvalue weighted by molar-refractivity contribution is 0.155. The zero-order chi connectivity index (χ0) is 11.5. The van der Waals surface area contributed by atoms with E-state index in [-0.39, 0.29) is 0 Å². The van der Waals surface area contributed by atoms with Crippen molar-refractivity contribution in [2.24, 2.45) is 0 Å². The molecule has 2 atom stereocenters. The van der Waals surface area contributed by atoms with Gasteiger partial charge in [0.05, 0.1) is 6.10 Å². The van der Waals surface area contributed by atoms with Gasteiger partial charge >= 0.3 is 0 Å². The van der Waals surface area contributed by atoms with Crippen LogP contribution in [-0.2, 0) is 0 Å². The maximum atomic E-state index is 10.1.